The van der Waals surface area contributed by atoms with E-state index in [0.29, 0.717) is 31.1 Å². The fraction of sp³-hybridized carbons (Fsp3) is 0.294. The van der Waals surface area contributed by atoms with Gasteiger partial charge in [0.05, 0.1) is 10.6 Å². The molecule has 0 aromatic heterocycles. The number of thioether (sulfide) groups is 1. The molecule has 0 radical (unpaired) electrons. The zero-order valence-corrected chi connectivity index (χ0v) is 17.1. The maximum Gasteiger partial charge on any atom is 0.243 e. The molecule has 128 valence electrons. The smallest absolute Gasteiger partial charge is 0.243 e. The molecule has 1 heterocycles. The molecule has 2 aromatic carbocycles. The number of sulfonamides is 1. The van der Waals surface area contributed by atoms with Gasteiger partial charge in [0.25, 0.3) is 0 Å². The normalized spacial score (nSPS) is 16.3. The summed E-state index contributed by atoms with van der Waals surface area (Å²) in [6.45, 7) is 2.44. The van der Waals surface area contributed by atoms with Gasteiger partial charge in [0.15, 0.2) is 0 Å². The van der Waals surface area contributed by atoms with Gasteiger partial charge in [-0.2, -0.15) is 4.31 Å². The van der Waals surface area contributed by atoms with Gasteiger partial charge in [-0.15, -0.1) is 11.8 Å². The second-order valence-electron chi connectivity index (χ2n) is 5.52. The molecule has 1 aliphatic rings. The monoisotopic (exact) mass is 474 g/mol. The van der Waals surface area contributed by atoms with E-state index in [1.165, 1.54) is 10.6 Å². The molecule has 0 atom stereocenters. The fourth-order valence-corrected chi connectivity index (χ4v) is 5.22. The second-order valence-corrected chi connectivity index (χ2v) is 9.55. The lowest BCUT2D eigenvalue weighted by molar-refractivity contribution is 0.384. The van der Waals surface area contributed by atoms with Crippen molar-refractivity contribution in [2.45, 2.75) is 9.79 Å². The van der Waals surface area contributed by atoms with E-state index in [1.54, 1.807) is 28.2 Å². The van der Waals surface area contributed by atoms with Crippen LogP contribution in [-0.4, -0.2) is 45.2 Å². The van der Waals surface area contributed by atoms with Crippen molar-refractivity contribution in [3.8, 4) is 0 Å². The summed E-state index contributed by atoms with van der Waals surface area (Å²) in [5, 5.41) is 0. The molecule has 0 aliphatic carbocycles. The van der Waals surface area contributed by atoms with E-state index in [0.717, 1.165) is 3.57 Å². The topological polar surface area (TPSA) is 40.6 Å². The molecule has 0 N–H and O–H groups in total. The number of anilines is 1. The largest absolute Gasteiger partial charge is 0.368 e. The van der Waals surface area contributed by atoms with E-state index in [1.807, 2.05) is 24.3 Å². The number of piperazine rings is 1. The van der Waals surface area contributed by atoms with Crippen molar-refractivity contribution >= 4 is 50.1 Å². The molecule has 0 amide bonds. The second kappa shape index (κ2) is 7.63. The van der Waals surface area contributed by atoms with Crippen LogP contribution in [0.1, 0.15) is 0 Å². The Kier molecular flexibility index (Phi) is 5.74. The number of benzene rings is 2. The molecular formula is C17H19IN2O2S2. The zero-order chi connectivity index (χ0) is 17.2. The molecule has 0 spiro atoms. The summed E-state index contributed by atoms with van der Waals surface area (Å²) in [5.74, 6) is 0. The Morgan fingerprint density at radius 1 is 0.958 bits per heavy atom. The van der Waals surface area contributed by atoms with Crippen molar-refractivity contribution in [2.24, 2.45) is 0 Å². The van der Waals surface area contributed by atoms with Crippen molar-refractivity contribution in [3.05, 3.63) is 52.1 Å². The molecule has 1 fully saturated rings. The number of nitrogens with zero attached hydrogens (tertiary/aromatic N) is 2. The van der Waals surface area contributed by atoms with Gasteiger partial charge in [0.1, 0.15) is 0 Å². The Bertz CT molecular complexity index is 802. The maximum absolute atomic E-state index is 12.8. The summed E-state index contributed by atoms with van der Waals surface area (Å²) in [4.78, 5) is 3.87. The van der Waals surface area contributed by atoms with Crippen LogP contribution in [0.5, 0.6) is 0 Å². The minimum Gasteiger partial charge on any atom is -0.368 e. The van der Waals surface area contributed by atoms with Gasteiger partial charge in [-0.25, -0.2) is 8.42 Å². The highest BCUT2D eigenvalue weighted by Gasteiger charge is 2.29. The van der Waals surface area contributed by atoms with Crippen molar-refractivity contribution in [1.82, 2.24) is 4.31 Å². The van der Waals surface area contributed by atoms with Crippen LogP contribution >= 0.6 is 34.4 Å². The average Bonchev–Trinajstić information content (AvgIpc) is 2.62. The molecule has 3 rings (SSSR count). The molecule has 24 heavy (non-hydrogen) atoms. The van der Waals surface area contributed by atoms with Crippen LogP contribution in [-0.2, 0) is 10.0 Å². The van der Waals surface area contributed by atoms with Gasteiger partial charge in [0, 0.05) is 34.6 Å². The minimum absolute atomic E-state index is 0.376. The standard InChI is InChI=1S/C17H19IN2O2S2/c1-23-17-5-3-2-4-16(17)19-10-12-20(13-11-19)24(21,22)15-8-6-14(18)7-9-15/h2-9H,10-13H2,1H3. The first kappa shape index (κ1) is 18.0. The maximum atomic E-state index is 12.8. The van der Waals surface area contributed by atoms with Crippen LogP contribution in [0.15, 0.2) is 58.3 Å². The lowest BCUT2D eigenvalue weighted by Gasteiger charge is -2.36. The van der Waals surface area contributed by atoms with E-state index in [2.05, 4.69) is 45.9 Å². The average molecular weight is 474 g/mol. The molecule has 1 aliphatic heterocycles. The van der Waals surface area contributed by atoms with E-state index >= 15 is 0 Å². The van der Waals surface area contributed by atoms with Crippen LogP contribution in [0.3, 0.4) is 0 Å². The predicted molar refractivity (Wildman–Crippen MR) is 108 cm³/mol. The van der Waals surface area contributed by atoms with E-state index in [9.17, 15) is 8.42 Å². The van der Waals surface area contributed by atoms with Crippen LogP contribution in [0, 0.1) is 3.57 Å². The summed E-state index contributed by atoms with van der Waals surface area (Å²) in [6.07, 6.45) is 2.07. The Labute approximate surface area is 161 Å². The van der Waals surface area contributed by atoms with E-state index < -0.39 is 10.0 Å². The number of halogens is 1. The Hall–Kier alpha value is -0.770. The highest BCUT2D eigenvalue weighted by Crippen LogP contribution is 2.29. The van der Waals surface area contributed by atoms with Crippen molar-refractivity contribution < 1.29 is 8.42 Å². The number of rotatable bonds is 4. The Morgan fingerprint density at radius 3 is 2.21 bits per heavy atom. The van der Waals surface area contributed by atoms with Gasteiger partial charge < -0.3 is 4.90 Å². The van der Waals surface area contributed by atoms with Crippen molar-refractivity contribution in [1.29, 1.82) is 0 Å². The molecular weight excluding hydrogens is 455 g/mol. The first-order chi connectivity index (χ1) is 11.5. The molecule has 0 bridgehead atoms. The van der Waals surface area contributed by atoms with Crippen molar-refractivity contribution in [3.63, 3.8) is 0 Å². The predicted octanol–water partition coefficient (Wildman–Crippen LogP) is 3.52. The quantitative estimate of drug-likeness (QED) is 0.503. The SMILES string of the molecule is CSc1ccccc1N1CCN(S(=O)(=O)c2ccc(I)cc2)CC1. The Morgan fingerprint density at radius 2 is 1.58 bits per heavy atom. The summed E-state index contributed by atoms with van der Waals surface area (Å²) >= 11 is 3.90. The minimum atomic E-state index is -3.40. The molecule has 4 nitrogen and oxygen atoms in total. The third kappa shape index (κ3) is 3.74. The van der Waals surface area contributed by atoms with Gasteiger partial charge in [0.2, 0.25) is 10.0 Å². The molecule has 7 heteroatoms. The van der Waals surface area contributed by atoms with Crippen LogP contribution < -0.4 is 4.90 Å². The highest BCUT2D eigenvalue weighted by molar-refractivity contribution is 14.1. The lowest BCUT2D eigenvalue weighted by atomic mass is 10.2. The van der Waals surface area contributed by atoms with Gasteiger partial charge >= 0.3 is 0 Å². The van der Waals surface area contributed by atoms with Gasteiger partial charge in [-0.1, -0.05) is 12.1 Å². The summed E-state index contributed by atoms with van der Waals surface area (Å²) in [5.41, 5.74) is 1.19. The lowest BCUT2D eigenvalue weighted by Crippen LogP contribution is -2.48. The van der Waals surface area contributed by atoms with E-state index in [4.69, 9.17) is 0 Å². The number of para-hydroxylation sites is 1. The first-order valence-corrected chi connectivity index (χ1v) is 11.4. The Balaban J connectivity index is 1.74. The summed E-state index contributed by atoms with van der Waals surface area (Å²) in [6, 6.07) is 15.3. The van der Waals surface area contributed by atoms with E-state index in [-0.39, 0.29) is 0 Å². The third-order valence-corrected chi connectivity index (χ3v) is 7.53. The van der Waals surface area contributed by atoms with Crippen LogP contribution in [0.4, 0.5) is 5.69 Å². The fourth-order valence-electron chi connectivity index (χ4n) is 2.82. The third-order valence-electron chi connectivity index (χ3n) is 4.12. The van der Waals surface area contributed by atoms with Gasteiger partial charge in [-0.05, 0) is 65.2 Å². The van der Waals surface area contributed by atoms with Crippen LogP contribution in [0.2, 0.25) is 0 Å². The number of hydrogen-bond donors (Lipinski definition) is 0. The van der Waals surface area contributed by atoms with Crippen molar-refractivity contribution in [2.75, 3.05) is 37.3 Å². The molecule has 0 saturated carbocycles. The highest BCUT2D eigenvalue weighted by atomic mass is 127. The number of hydrogen-bond acceptors (Lipinski definition) is 4. The molecule has 1 saturated heterocycles. The first-order valence-electron chi connectivity index (χ1n) is 7.66. The van der Waals surface area contributed by atoms with Crippen LogP contribution in [0.25, 0.3) is 0 Å². The summed E-state index contributed by atoms with van der Waals surface area (Å²) in [7, 11) is -3.40. The summed E-state index contributed by atoms with van der Waals surface area (Å²) < 4.78 is 28.2. The molecule has 0 unspecified atom stereocenters. The zero-order valence-electron chi connectivity index (χ0n) is 13.4. The molecule has 2 aromatic rings. The van der Waals surface area contributed by atoms with Gasteiger partial charge in [-0.3, -0.25) is 0 Å².